The largest absolute Gasteiger partial charge is 0.417 e. The molecule has 0 bridgehead atoms. The lowest BCUT2D eigenvalue weighted by atomic mass is 10.1. The van der Waals surface area contributed by atoms with Gasteiger partial charge in [-0.2, -0.15) is 9.97 Å². The number of ether oxygens (including phenoxy) is 1. The number of rotatable bonds is 7. The molecule has 1 aromatic carbocycles. The third-order valence-electron chi connectivity index (χ3n) is 5.86. The van der Waals surface area contributed by atoms with Crippen LogP contribution in [0.15, 0.2) is 24.1 Å². The van der Waals surface area contributed by atoms with Crippen molar-refractivity contribution in [2.75, 3.05) is 51.5 Å². The number of amides is 2. The lowest BCUT2D eigenvalue weighted by Gasteiger charge is -2.31. The van der Waals surface area contributed by atoms with Crippen LogP contribution in [0.4, 0.5) is 15.9 Å². The summed E-state index contributed by atoms with van der Waals surface area (Å²) in [6.07, 6.45) is 3.38. The molecule has 3 heterocycles. The highest BCUT2D eigenvalue weighted by Gasteiger charge is 2.26. The highest BCUT2D eigenvalue weighted by Crippen LogP contribution is 2.37. The van der Waals surface area contributed by atoms with Crippen LogP contribution in [0.2, 0.25) is 0 Å². The number of H-pyrrole nitrogens is 1. The number of imide groups is 1. The molecule has 0 unspecified atom stereocenters. The zero-order valence-electron chi connectivity index (χ0n) is 20.1. The fourth-order valence-electron chi connectivity index (χ4n) is 4.09. The standard InChI is InChI=1S/C23H29FN8O3/c1-26-16-10-13(24)9-15-18-20(27-19(15)16)28-23(29-21(18)32-7-5-14(25)6-8-32)35-17(11-30(2)3)22(34)31(4)12-33/h9-12,14,26H,5-8,25H2,1-4H3,(H,27,28,29)/b17-11+. The van der Waals surface area contributed by atoms with E-state index in [0.29, 0.717) is 52.9 Å². The van der Waals surface area contributed by atoms with Crippen LogP contribution in [0.3, 0.4) is 0 Å². The molecule has 1 aliphatic rings. The monoisotopic (exact) mass is 484 g/mol. The van der Waals surface area contributed by atoms with E-state index in [1.54, 1.807) is 26.0 Å². The van der Waals surface area contributed by atoms with Gasteiger partial charge in [-0.1, -0.05) is 0 Å². The molecule has 1 saturated heterocycles. The summed E-state index contributed by atoms with van der Waals surface area (Å²) in [5, 5.41) is 4.27. The number of benzene rings is 1. The highest BCUT2D eigenvalue weighted by molar-refractivity contribution is 6.14. The summed E-state index contributed by atoms with van der Waals surface area (Å²) in [5.74, 6) is -0.627. The van der Waals surface area contributed by atoms with Gasteiger partial charge in [-0.05, 0) is 25.0 Å². The third kappa shape index (κ3) is 4.83. The second kappa shape index (κ2) is 9.74. The number of likely N-dealkylation sites (N-methyl/N-ethyl adjacent to an activating group) is 1. The van der Waals surface area contributed by atoms with Crippen LogP contribution >= 0.6 is 0 Å². The number of aromatic nitrogens is 3. The van der Waals surface area contributed by atoms with Gasteiger partial charge in [0.1, 0.15) is 17.3 Å². The SMILES string of the molecule is CNc1cc(F)cc2c1[nH]c1nc(O/C(=C/N(C)C)C(=O)N(C)C=O)nc(N3CCC(N)CC3)c12. The van der Waals surface area contributed by atoms with Gasteiger partial charge in [0.05, 0.1) is 16.6 Å². The van der Waals surface area contributed by atoms with Gasteiger partial charge in [0.25, 0.3) is 5.91 Å². The number of piperidine rings is 1. The van der Waals surface area contributed by atoms with Crippen molar-refractivity contribution in [1.82, 2.24) is 24.8 Å². The van der Waals surface area contributed by atoms with E-state index in [-0.39, 0.29) is 17.8 Å². The minimum Gasteiger partial charge on any atom is -0.417 e. The average Bonchev–Trinajstić information content (AvgIpc) is 3.20. The number of nitrogens with zero attached hydrogens (tertiary/aromatic N) is 5. The number of nitrogens with two attached hydrogens (primary N) is 1. The zero-order chi connectivity index (χ0) is 25.3. The van der Waals surface area contributed by atoms with Crippen molar-refractivity contribution < 1.29 is 18.7 Å². The number of carbonyl (C=O) groups is 2. The average molecular weight is 485 g/mol. The Hall–Kier alpha value is -3.93. The molecule has 12 heteroatoms. The summed E-state index contributed by atoms with van der Waals surface area (Å²) in [7, 11) is 6.48. The minimum atomic E-state index is -0.654. The van der Waals surface area contributed by atoms with Gasteiger partial charge in [0.15, 0.2) is 0 Å². The molecule has 35 heavy (non-hydrogen) atoms. The topological polar surface area (TPSA) is 133 Å². The zero-order valence-corrected chi connectivity index (χ0v) is 20.1. The number of carbonyl (C=O) groups excluding carboxylic acids is 2. The molecule has 3 aromatic rings. The van der Waals surface area contributed by atoms with Crippen molar-refractivity contribution in [2.45, 2.75) is 18.9 Å². The maximum absolute atomic E-state index is 14.5. The Labute approximate surface area is 201 Å². The first-order valence-electron chi connectivity index (χ1n) is 11.2. The van der Waals surface area contributed by atoms with Gasteiger partial charge >= 0.3 is 6.01 Å². The Bertz CT molecular complexity index is 1300. The van der Waals surface area contributed by atoms with E-state index in [4.69, 9.17) is 10.5 Å². The molecule has 1 fully saturated rings. The molecular weight excluding hydrogens is 455 g/mol. The van der Waals surface area contributed by atoms with Crippen molar-refractivity contribution in [3.63, 3.8) is 0 Å². The summed E-state index contributed by atoms with van der Waals surface area (Å²) in [6.45, 7) is 1.31. The summed E-state index contributed by atoms with van der Waals surface area (Å²) in [6, 6.07) is 2.86. The number of fused-ring (bicyclic) bond motifs is 3. The number of halogens is 1. The van der Waals surface area contributed by atoms with E-state index in [9.17, 15) is 14.0 Å². The number of hydrogen-bond acceptors (Lipinski definition) is 9. The second-order valence-corrected chi connectivity index (χ2v) is 8.71. The number of anilines is 2. The lowest BCUT2D eigenvalue weighted by Crippen LogP contribution is -2.40. The molecular formula is C23H29FN8O3. The van der Waals surface area contributed by atoms with E-state index in [1.165, 1.54) is 25.4 Å². The van der Waals surface area contributed by atoms with Gasteiger partial charge in [-0.3, -0.25) is 14.5 Å². The number of hydrogen-bond donors (Lipinski definition) is 3. The fourth-order valence-corrected chi connectivity index (χ4v) is 4.09. The summed E-state index contributed by atoms with van der Waals surface area (Å²) < 4.78 is 20.3. The van der Waals surface area contributed by atoms with E-state index in [0.717, 1.165) is 17.7 Å². The molecule has 186 valence electrons. The maximum atomic E-state index is 14.5. The quantitative estimate of drug-likeness (QED) is 0.260. The van der Waals surface area contributed by atoms with Crippen LogP contribution in [0.1, 0.15) is 12.8 Å². The van der Waals surface area contributed by atoms with Crippen LogP contribution in [0, 0.1) is 5.82 Å². The second-order valence-electron chi connectivity index (χ2n) is 8.71. The van der Waals surface area contributed by atoms with Gasteiger partial charge in [-0.15, -0.1) is 0 Å². The van der Waals surface area contributed by atoms with E-state index >= 15 is 0 Å². The first kappa shape index (κ1) is 24.2. The lowest BCUT2D eigenvalue weighted by molar-refractivity contribution is -0.135. The highest BCUT2D eigenvalue weighted by atomic mass is 19.1. The van der Waals surface area contributed by atoms with Crippen molar-refractivity contribution in [2.24, 2.45) is 5.73 Å². The van der Waals surface area contributed by atoms with Gasteiger partial charge in [-0.25, -0.2) is 4.39 Å². The number of nitrogens with one attached hydrogen (secondary N) is 2. The molecule has 11 nitrogen and oxygen atoms in total. The van der Waals surface area contributed by atoms with Crippen molar-refractivity contribution in [3.05, 3.63) is 29.9 Å². The Morgan fingerprint density at radius 1 is 1.29 bits per heavy atom. The molecule has 0 radical (unpaired) electrons. The Morgan fingerprint density at radius 2 is 2.00 bits per heavy atom. The molecule has 0 aliphatic carbocycles. The van der Waals surface area contributed by atoms with E-state index in [1.807, 2.05) is 0 Å². The predicted octanol–water partition coefficient (Wildman–Crippen LogP) is 1.62. The first-order chi connectivity index (χ1) is 16.7. The fraction of sp³-hybridized carbons (Fsp3) is 0.391. The van der Waals surface area contributed by atoms with Crippen LogP contribution in [-0.2, 0) is 9.59 Å². The predicted molar refractivity (Wildman–Crippen MR) is 132 cm³/mol. The smallest absolute Gasteiger partial charge is 0.326 e. The molecule has 4 rings (SSSR count). The molecule has 2 aromatic heterocycles. The molecule has 0 spiro atoms. The first-order valence-corrected chi connectivity index (χ1v) is 11.2. The minimum absolute atomic E-state index is 0.0823. The number of aromatic amines is 1. The van der Waals surface area contributed by atoms with E-state index < -0.39 is 11.7 Å². The van der Waals surface area contributed by atoms with Gasteiger partial charge < -0.3 is 30.6 Å². The Morgan fingerprint density at radius 3 is 2.63 bits per heavy atom. The summed E-state index contributed by atoms with van der Waals surface area (Å²) >= 11 is 0. The van der Waals surface area contributed by atoms with Crippen molar-refractivity contribution >= 4 is 45.8 Å². The van der Waals surface area contributed by atoms with Crippen molar-refractivity contribution in [3.8, 4) is 6.01 Å². The Kier molecular flexibility index (Phi) is 6.74. The van der Waals surface area contributed by atoms with E-state index in [2.05, 4.69) is 25.2 Å². The third-order valence-corrected chi connectivity index (χ3v) is 5.86. The normalized spacial score (nSPS) is 14.9. The van der Waals surface area contributed by atoms with Crippen LogP contribution in [-0.4, -0.2) is 84.4 Å². The van der Waals surface area contributed by atoms with Crippen molar-refractivity contribution in [1.29, 1.82) is 0 Å². The Balaban J connectivity index is 1.90. The van der Waals surface area contributed by atoms with Crippen LogP contribution < -0.4 is 20.7 Å². The van der Waals surface area contributed by atoms with Crippen LogP contribution in [0.5, 0.6) is 6.01 Å². The molecule has 2 amide bonds. The molecule has 4 N–H and O–H groups in total. The van der Waals surface area contributed by atoms with Gasteiger partial charge in [0, 0.05) is 58.9 Å². The molecule has 0 atom stereocenters. The maximum Gasteiger partial charge on any atom is 0.326 e. The van der Waals surface area contributed by atoms with Gasteiger partial charge in [0.2, 0.25) is 12.2 Å². The molecule has 1 aliphatic heterocycles. The summed E-state index contributed by atoms with van der Waals surface area (Å²) in [5.41, 5.74) is 7.77. The summed E-state index contributed by atoms with van der Waals surface area (Å²) in [4.78, 5) is 40.8. The van der Waals surface area contributed by atoms with Crippen LogP contribution in [0.25, 0.3) is 21.9 Å². The molecule has 0 saturated carbocycles.